The van der Waals surface area contributed by atoms with E-state index in [1.165, 1.54) is 10.7 Å². The Hall–Kier alpha value is -2.25. The summed E-state index contributed by atoms with van der Waals surface area (Å²) in [6, 6.07) is 9.48. The molecule has 0 saturated heterocycles. The second kappa shape index (κ2) is 6.48. The average Bonchev–Trinajstić information content (AvgIpc) is 2.93. The van der Waals surface area contributed by atoms with Crippen LogP contribution in [0.25, 0.3) is 16.9 Å². The molecule has 0 radical (unpaired) electrons. The van der Waals surface area contributed by atoms with Crippen molar-refractivity contribution in [1.29, 1.82) is 0 Å². The quantitative estimate of drug-likeness (QED) is 0.633. The highest BCUT2D eigenvalue weighted by Crippen LogP contribution is 2.27. The van der Waals surface area contributed by atoms with Crippen LogP contribution in [0.15, 0.2) is 47.1 Å². The average molecular weight is 391 g/mol. The van der Waals surface area contributed by atoms with Gasteiger partial charge in [0.1, 0.15) is 5.02 Å². The fourth-order valence-corrected chi connectivity index (χ4v) is 3.24. The summed E-state index contributed by atoms with van der Waals surface area (Å²) in [5, 5.41) is 4.58. The summed E-state index contributed by atoms with van der Waals surface area (Å²) in [4.78, 5) is 4.61. The van der Waals surface area contributed by atoms with Gasteiger partial charge in [0.25, 0.3) is 10.0 Å². The van der Waals surface area contributed by atoms with Gasteiger partial charge in [0, 0.05) is 17.3 Å². The van der Waals surface area contributed by atoms with Crippen LogP contribution in [-0.4, -0.2) is 33.5 Å². The number of fused-ring (bicyclic) bond motifs is 1. The van der Waals surface area contributed by atoms with Gasteiger partial charge in [-0.05, 0) is 27.7 Å². The SMILES string of the molecule is CC(=NS(=O)(=O)C(C)(C)C)c1cn2ncc(Cl)c2nc1-c1ccccc1. The van der Waals surface area contributed by atoms with E-state index in [9.17, 15) is 8.42 Å². The Morgan fingerprint density at radius 2 is 1.85 bits per heavy atom. The minimum Gasteiger partial charge on any atom is -0.226 e. The number of sulfonamides is 1. The Kier molecular flexibility index (Phi) is 4.62. The van der Waals surface area contributed by atoms with Crippen LogP contribution < -0.4 is 0 Å². The molecule has 3 rings (SSSR count). The minimum absolute atomic E-state index is 0.347. The van der Waals surface area contributed by atoms with E-state index in [2.05, 4.69) is 14.5 Å². The molecule has 0 aliphatic carbocycles. The van der Waals surface area contributed by atoms with Crippen LogP contribution >= 0.6 is 11.6 Å². The van der Waals surface area contributed by atoms with Crippen molar-refractivity contribution in [3.63, 3.8) is 0 Å². The van der Waals surface area contributed by atoms with E-state index in [0.29, 0.717) is 27.6 Å². The highest BCUT2D eigenvalue weighted by atomic mass is 35.5. The Labute approximate surface area is 157 Å². The van der Waals surface area contributed by atoms with Crippen LogP contribution in [0.1, 0.15) is 33.3 Å². The molecule has 0 fully saturated rings. The highest BCUT2D eigenvalue weighted by molar-refractivity contribution is 7.91. The molecule has 136 valence electrons. The summed E-state index contributed by atoms with van der Waals surface area (Å²) in [6.45, 7) is 6.51. The molecule has 0 N–H and O–H groups in total. The van der Waals surface area contributed by atoms with Gasteiger partial charge >= 0.3 is 0 Å². The van der Waals surface area contributed by atoms with E-state index >= 15 is 0 Å². The summed E-state index contributed by atoms with van der Waals surface area (Å²) >= 11 is 6.16. The summed E-state index contributed by atoms with van der Waals surface area (Å²) < 4.78 is 29.6. The van der Waals surface area contributed by atoms with Crippen LogP contribution in [0.4, 0.5) is 0 Å². The molecule has 0 aliphatic rings. The number of hydrogen-bond donors (Lipinski definition) is 0. The van der Waals surface area contributed by atoms with E-state index in [0.717, 1.165) is 5.56 Å². The molecule has 0 saturated carbocycles. The first-order chi connectivity index (χ1) is 12.1. The van der Waals surface area contributed by atoms with Crippen LogP contribution in [0, 0.1) is 0 Å². The van der Waals surface area contributed by atoms with Gasteiger partial charge in [-0.1, -0.05) is 41.9 Å². The van der Waals surface area contributed by atoms with E-state index in [1.807, 2.05) is 30.3 Å². The second-order valence-corrected chi connectivity index (χ2v) is 9.66. The Bertz CT molecular complexity index is 1100. The van der Waals surface area contributed by atoms with Crippen molar-refractivity contribution >= 4 is 33.0 Å². The second-order valence-electron chi connectivity index (χ2n) is 6.89. The van der Waals surface area contributed by atoms with Gasteiger partial charge in [0.15, 0.2) is 5.65 Å². The van der Waals surface area contributed by atoms with Gasteiger partial charge in [-0.3, -0.25) is 0 Å². The van der Waals surface area contributed by atoms with Crippen LogP contribution in [0.5, 0.6) is 0 Å². The number of nitrogens with zero attached hydrogens (tertiary/aromatic N) is 4. The zero-order valence-electron chi connectivity index (χ0n) is 14.9. The number of aromatic nitrogens is 3. The van der Waals surface area contributed by atoms with Crippen molar-refractivity contribution in [2.75, 3.05) is 0 Å². The van der Waals surface area contributed by atoms with Crippen molar-refractivity contribution in [2.45, 2.75) is 32.4 Å². The zero-order chi connectivity index (χ0) is 19.1. The molecular weight excluding hydrogens is 372 g/mol. The van der Waals surface area contributed by atoms with Crippen molar-refractivity contribution < 1.29 is 8.42 Å². The van der Waals surface area contributed by atoms with Gasteiger partial charge in [0.2, 0.25) is 0 Å². The van der Waals surface area contributed by atoms with E-state index in [-0.39, 0.29) is 0 Å². The molecule has 1 aromatic carbocycles. The molecule has 0 amide bonds. The molecule has 3 aromatic rings. The van der Waals surface area contributed by atoms with Crippen molar-refractivity contribution in [1.82, 2.24) is 14.6 Å². The van der Waals surface area contributed by atoms with Crippen LogP contribution in [-0.2, 0) is 10.0 Å². The molecule has 0 unspecified atom stereocenters. The van der Waals surface area contributed by atoms with E-state index < -0.39 is 14.8 Å². The van der Waals surface area contributed by atoms with Crippen molar-refractivity contribution in [2.24, 2.45) is 4.40 Å². The van der Waals surface area contributed by atoms with Crippen LogP contribution in [0.2, 0.25) is 5.02 Å². The first-order valence-corrected chi connectivity index (χ1v) is 9.83. The molecule has 0 bridgehead atoms. The van der Waals surface area contributed by atoms with Crippen molar-refractivity contribution in [3.05, 3.63) is 53.3 Å². The summed E-state index contributed by atoms with van der Waals surface area (Å²) in [7, 11) is -3.69. The molecule has 2 heterocycles. The lowest BCUT2D eigenvalue weighted by atomic mass is 10.0. The third-order valence-electron chi connectivity index (χ3n) is 3.92. The topological polar surface area (TPSA) is 76.7 Å². The predicted octanol–water partition coefficient (Wildman–Crippen LogP) is 3.99. The third kappa shape index (κ3) is 3.37. The molecule has 26 heavy (non-hydrogen) atoms. The third-order valence-corrected chi connectivity index (χ3v) is 6.25. The summed E-state index contributed by atoms with van der Waals surface area (Å²) in [5.41, 5.74) is 2.87. The maximum absolute atomic E-state index is 12.5. The molecule has 0 atom stereocenters. The Balaban J connectivity index is 2.28. The highest BCUT2D eigenvalue weighted by Gasteiger charge is 2.29. The van der Waals surface area contributed by atoms with E-state index in [1.54, 1.807) is 33.9 Å². The lowest BCUT2D eigenvalue weighted by molar-refractivity contribution is 0.562. The van der Waals surface area contributed by atoms with E-state index in [4.69, 9.17) is 11.6 Å². The summed E-state index contributed by atoms with van der Waals surface area (Å²) in [5.74, 6) is 0. The predicted molar refractivity (Wildman–Crippen MR) is 104 cm³/mol. The smallest absolute Gasteiger partial charge is 0.226 e. The molecule has 2 aromatic heterocycles. The Morgan fingerprint density at radius 1 is 1.19 bits per heavy atom. The van der Waals surface area contributed by atoms with Gasteiger partial charge in [-0.15, -0.1) is 0 Å². The molecule has 8 heteroatoms. The molecule has 0 aliphatic heterocycles. The molecular formula is C18H19ClN4O2S. The summed E-state index contributed by atoms with van der Waals surface area (Å²) in [6.07, 6.45) is 3.20. The Morgan fingerprint density at radius 3 is 2.46 bits per heavy atom. The van der Waals surface area contributed by atoms with Gasteiger partial charge in [-0.25, -0.2) is 17.9 Å². The monoisotopic (exact) mass is 390 g/mol. The zero-order valence-corrected chi connectivity index (χ0v) is 16.5. The lowest BCUT2D eigenvalue weighted by Crippen LogP contribution is -2.26. The maximum atomic E-state index is 12.5. The number of rotatable bonds is 3. The van der Waals surface area contributed by atoms with Gasteiger partial charge < -0.3 is 0 Å². The number of benzene rings is 1. The first-order valence-electron chi connectivity index (χ1n) is 8.01. The standard InChI is InChI=1S/C18H19ClN4O2S/c1-12(22-26(24,25)18(2,3)4)14-11-23-17(15(19)10-20-23)21-16(14)13-8-6-5-7-9-13/h5-11H,1-4H3. The fraction of sp³-hybridized carbons (Fsp3) is 0.278. The molecule has 0 spiro atoms. The minimum atomic E-state index is -3.69. The normalized spacial score (nSPS) is 13.3. The lowest BCUT2D eigenvalue weighted by Gasteiger charge is -2.16. The maximum Gasteiger partial charge on any atom is 0.258 e. The van der Waals surface area contributed by atoms with Crippen LogP contribution in [0.3, 0.4) is 0 Å². The fourth-order valence-electron chi connectivity index (χ4n) is 2.33. The largest absolute Gasteiger partial charge is 0.258 e. The van der Waals surface area contributed by atoms with Gasteiger partial charge in [0.05, 0.1) is 22.3 Å². The number of halogens is 1. The number of hydrogen-bond acceptors (Lipinski definition) is 4. The van der Waals surface area contributed by atoms with Crippen molar-refractivity contribution in [3.8, 4) is 11.3 Å². The first kappa shape index (κ1) is 18.5. The molecule has 6 nitrogen and oxygen atoms in total. The van der Waals surface area contributed by atoms with Gasteiger partial charge in [-0.2, -0.15) is 9.50 Å².